The molecule has 5 heteroatoms. The number of likely N-dealkylation sites (tertiary alicyclic amines) is 2. The van der Waals surface area contributed by atoms with Crippen molar-refractivity contribution in [2.24, 2.45) is 0 Å². The van der Waals surface area contributed by atoms with E-state index in [9.17, 15) is 4.79 Å². The number of para-hydroxylation sites is 1. The molecule has 2 fully saturated rings. The highest BCUT2D eigenvalue weighted by Crippen LogP contribution is 2.28. The highest BCUT2D eigenvalue weighted by atomic mass is 16.5. The molecule has 0 bridgehead atoms. The predicted molar refractivity (Wildman–Crippen MR) is 158 cm³/mol. The Balaban J connectivity index is 1.14. The highest BCUT2D eigenvalue weighted by molar-refractivity contribution is 5.96. The molecule has 0 aliphatic carbocycles. The average Bonchev–Trinajstić information content (AvgIpc) is 2.99. The zero-order valence-electron chi connectivity index (χ0n) is 23.3. The Morgan fingerprint density at radius 2 is 1.49 bits per heavy atom. The van der Waals surface area contributed by atoms with Crippen LogP contribution in [0.1, 0.15) is 66.4 Å². The van der Waals surface area contributed by atoms with E-state index in [4.69, 9.17) is 4.74 Å². The molecule has 1 unspecified atom stereocenters. The fourth-order valence-electron chi connectivity index (χ4n) is 6.08. The van der Waals surface area contributed by atoms with Crippen LogP contribution in [0.5, 0.6) is 5.75 Å². The molecular formula is C34H43N3O2. The number of hydrogen-bond donors (Lipinski definition) is 1. The molecule has 2 saturated heterocycles. The van der Waals surface area contributed by atoms with Crippen molar-refractivity contribution < 1.29 is 9.53 Å². The van der Waals surface area contributed by atoms with E-state index in [1.165, 1.54) is 30.4 Å². The van der Waals surface area contributed by atoms with Gasteiger partial charge in [-0.3, -0.25) is 9.69 Å². The van der Waals surface area contributed by atoms with Gasteiger partial charge in [0.2, 0.25) is 0 Å². The number of amides is 1. The molecule has 0 saturated carbocycles. The number of nitrogens with zero attached hydrogens (tertiary/aromatic N) is 2. The summed E-state index contributed by atoms with van der Waals surface area (Å²) >= 11 is 0. The van der Waals surface area contributed by atoms with Gasteiger partial charge in [0.05, 0.1) is 5.56 Å². The number of benzene rings is 3. The quantitative estimate of drug-likeness (QED) is 0.354. The second-order valence-corrected chi connectivity index (χ2v) is 11.1. The summed E-state index contributed by atoms with van der Waals surface area (Å²) in [6, 6.07) is 30.0. The summed E-state index contributed by atoms with van der Waals surface area (Å²) in [5, 5.41) is 3.14. The molecule has 0 spiro atoms. The Morgan fingerprint density at radius 1 is 0.846 bits per heavy atom. The van der Waals surface area contributed by atoms with Crippen molar-refractivity contribution in [3.63, 3.8) is 0 Å². The van der Waals surface area contributed by atoms with Gasteiger partial charge in [0.15, 0.2) is 0 Å². The van der Waals surface area contributed by atoms with Crippen molar-refractivity contribution in [1.29, 1.82) is 0 Å². The van der Waals surface area contributed by atoms with E-state index < -0.39 is 0 Å². The van der Waals surface area contributed by atoms with Gasteiger partial charge in [-0.1, -0.05) is 79.2 Å². The molecule has 2 aliphatic rings. The molecule has 0 aromatic heterocycles. The van der Waals surface area contributed by atoms with Crippen LogP contribution in [0.3, 0.4) is 0 Å². The van der Waals surface area contributed by atoms with E-state index in [0.717, 1.165) is 45.6 Å². The zero-order valence-corrected chi connectivity index (χ0v) is 23.3. The van der Waals surface area contributed by atoms with Crippen molar-refractivity contribution in [2.75, 3.05) is 39.3 Å². The maximum absolute atomic E-state index is 13.1. The molecule has 1 N–H and O–H groups in total. The summed E-state index contributed by atoms with van der Waals surface area (Å²) < 4.78 is 6.45. The monoisotopic (exact) mass is 525 g/mol. The number of carbonyl (C=O) groups is 1. The van der Waals surface area contributed by atoms with E-state index in [1.807, 2.05) is 24.3 Å². The molecule has 0 radical (unpaired) electrons. The molecule has 5 nitrogen and oxygen atoms in total. The molecule has 3 aromatic carbocycles. The smallest absolute Gasteiger partial charge is 0.255 e. The normalized spacial score (nSPS) is 19.2. The number of rotatable bonds is 10. The van der Waals surface area contributed by atoms with Gasteiger partial charge >= 0.3 is 0 Å². The lowest BCUT2D eigenvalue weighted by Gasteiger charge is -2.35. The van der Waals surface area contributed by atoms with Crippen LogP contribution in [-0.2, 0) is 0 Å². The van der Waals surface area contributed by atoms with Gasteiger partial charge in [0, 0.05) is 44.7 Å². The highest BCUT2D eigenvalue weighted by Gasteiger charge is 2.26. The van der Waals surface area contributed by atoms with E-state index >= 15 is 0 Å². The van der Waals surface area contributed by atoms with Crippen LogP contribution in [0.15, 0.2) is 84.9 Å². The van der Waals surface area contributed by atoms with Crippen LogP contribution in [0.4, 0.5) is 0 Å². The van der Waals surface area contributed by atoms with Crippen LogP contribution >= 0.6 is 0 Å². The molecule has 1 amide bonds. The van der Waals surface area contributed by atoms with Gasteiger partial charge in [-0.2, -0.15) is 0 Å². The third kappa shape index (κ3) is 7.49. The Hall–Kier alpha value is -3.15. The first-order chi connectivity index (χ1) is 19.2. The van der Waals surface area contributed by atoms with Gasteiger partial charge in [0.25, 0.3) is 5.91 Å². The van der Waals surface area contributed by atoms with Gasteiger partial charge in [-0.05, 0) is 62.4 Å². The van der Waals surface area contributed by atoms with Crippen molar-refractivity contribution >= 4 is 5.91 Å². The first kappa shape index (κ1) is 27.4. The lowest BCUT2D eigenvalue weighted by atomic mass is 9.90. The number of nitrogens with one attached hydrogen (secondary N) is 1. The molecule has 39 heavy (non-hydrogen) atoms. The van der Waals surface area contributed by atoms with Gasteiger partial charge in [-0.15, -0.1) is 0 Å². The maximum atomic E-state index is 13.1. The van der Waals surface area contributed by atoms with Crippen molar-refractivity contribution in [3.05, 3.63) is 102 Å². The fourth-order valence-corrected chi connectivity index (χ4v) is 6.08. The van der Waals surface area contributed by atoms with E-state index in [-0.39, 0.29) is 12.0 Å². The van der Waals surface area contributed by atoms with Crippen LogP contribution in [0, 0.1) is 0 Å². The Morgan fingerprint density at radius 3 is 2.15 bits per heavy atom. The molecule has 5 rings (SSSR count). The Bertz CT molecular complexity index is 1120. The lowest BCUT2D eigenvalue weighted by molar-refractivity contribution is 0.0890. The molecule has 206 valence electrons. The topological polar surface area (TPSA) is 44.8 Å². The van der Waals surface area contributed by atoms with Gasteiger partial charge in [-0.25, -0.2) is 0 Å². The third-order valence-electron chi connectivity index (χ3n) is 8.43. The molecular weight excluding hydrogens is 482 g/mol. The lowest BCUT2D eigenvalue weighted by Crippen LogP contribution is -2.42. The first-order valence-electron chi connectivity index (χ1n) is 14.8. The standard InChI is InChI=1S/C34H43N3O2/c1-27-12-10-11-22-37(27)25-21-35-34(38)31-17-8-9-18-33(31)39-30-19-23-36(24-20-30)26-32(28-13-4-2-5-14-28)29-15-6-3-7-16-29/h2-9,13-18,27,30,32H,10-12,19-26H2,1H3,(H,35,38). The fraction of sp³-hybridized carbons (Fsp3) is 0.441. The molecule has 1 atom stereocenters. The van der Waals surface area contributed by atoms with Crippen LogP contribution in [0.2, 0.25) is 0 Å². The van der Waals surface area contributed by atoms with Gasteiger partial charge in [0.1, 0.15) is 11.9 Å². The Kier molecular flexibility index (Phi) is 9.68. The van der Waals surface area contributed by atoms with Gasteiger partial charge < -0.3 is 15.0 Å². The first-order valence-corrected chi connectivity index (χ1v) is 14.8. The van der Waals surface area contributed by atoms with Crippen LogP contribution in [0.25, 0.3) is 0 Å². The maximum Gasteiger partial charge on any atom is 0.255 e. The average molecular weight is 526 g/mol. The third-order valence-corrected chi connectivity index (χ3v) is 8.43. The minimum absolute atomic E-state index is 0.0405. The second-order valence-electron chi connectivity index (χ2n) is 11.1. The summed E-state index contributed by atoms with van der Waals surface area (Å²) in [5.41, 5.74) is 3.35. The summed E-state index contributed by atoms with van der Waals surface area (Å²) in [5.74, 6) is 1.01. The number of hydrogen-bond acceptors (Lipinski definition) is 4. The molecule has 2 aliphatic heterocycles. The van der Waals surface area contributed by atoms with E-state index in [0.29, 0.717) is 29.8 Å². The minimum Gasteiger partial charge on any atom is -0.489 e. The summed E-state index contributed by atoms with van der Waals surface area (Å²) in [6.45, 7) is 7.97. The van der Waals surface area contributed by atoms with E-state index in [2.05, 4.69) is 82.7 Å². The largest absolute Gasteiger partial charge is 0.489 e. The summed E-state index contributed by atoms with van der Waals surface area (Å²) in [6.07, 6.45) is 5.86. The van der Waals surface area contributed by atoms with Crippen molar-refractivity contribution in [1.82, 2.24) is 15.1 Å². The second kappa shape index (κ2) is 13.8. The molecule has 2 heterocycles. The Labute approximate surface area is 234 Å². The van der Waals surface area contributed by atoms with Crippen LogP contribution < -0.4 is 10.1 Å². The minimum atomic E-state index is -0.0405. The number of carbonyl (C=O) groups excluding carboxylic acids is 1. The molecule has 3 aromatic rings. The zero-order chi connectivity index (χ0) is 26.9. The summed E-state index contributed by atoms with van der Waals surface area (Å²) in [4.78, 5) is 18.1. The van der Waals surface area contributed by atoms with Crippen molar-refractivity contribution in [2.45, 2.75) is 57.1 Å². The van der Waals surface area contributed by atoms with E-state index in [1.54, 1.807) is 0 Å². The summed E-state index contributed by atoms with van der Waals surface area (Å²) in [7, 11) is 0. The number of piperidine rings is 2. The van der Waals surface area contributed by atoms with Crippen LogP contribution in [-0.4, -0.2) is 67.1 Å². The number of ether oxygens (including phenoxy) is 1. The van der Waals surface area contributed by atoms with Crippen molar-refractivity contribution in [3.8, 4) is 5.75 Å². The SMILES string of the molecule is CC1CCCCN1CCNC(=O)c1ccccc1OC1CCN(CC(c2ccccc2)c2ccccc2)CC1. The predicted octanol–water partition coefficient (Wildman–Crippen LogP) is 5.97.